The molecule has 0 fully saturated rings. The van der Waals surface area contributed by atoms with E-state index in [2.05, 4.69) is 10.6 Å². The van der Waals surface area contributed by atoms with Gasteiger partial charge >= 0.3 is 6.03 Å². The Hall–Kier alpha value is -2.11. The molecule has 2 rings (SSSR count). The zero-order chi connectivity index (χ0) is 17.0. The molecular formula is C17H24FN3O2. The molecule has 126 valence electrons. The second-order valence-electron chi connectivity index (χ2n) is 5.98. The fraction of sp³-hybridized carbons (Fsp3) is 0.529. The van der Waals surface area contributed by atoms with Gasteiger partial charge in [-0.15, -0.1) is 0 Å². The van der Waals surface area contributed by atoms with Gasteiger partial charge in [-0.1, -0.05) is 6.07 Å². The lowest BCUT2D eigenvalue weighted by atomic mass is 9.87. The SMILES string of the molecule is CCN(C)C(=O)[C@@H](C)NC(=O)N[C@H]1CCCc2cc(F)ccc21. The zero-order valence-electron chi connectivity index (χ0n) is 13.9. The fourth-order valence-electron chi connectivity index (χ4n) is 2.88. The van der Waals surface area contributed by atoms with Crippen molar-refractivity contribution in [3.63, 3.8) is 0 Å². The summed E-state index contributed by atoms with van der Waals surface area (Å²) in [6, 6.07) is 3.57. The first-order valence-electron chi connectivity index (χ1n) is 8.02. The van der Waals surface area contributed by atoms with Crippen molar-refractivity contribution in [1.82, 2.24) is 15.5 Å². The van der Waals surface area contributed by atoms with Crippen molar-refractivity contribution in [2.75, 3.05) is 13.6 Å². The molecule has 0 radical (unpaired) electrons. The maximum absolute atomic E-state index is 13.3. The van der Waals surface area contributed by atoms with E-state index in [9.17, 15) is 14.0 Å². The Morgan fingerprint density at radius 2 is 2.17 bits per heavy atom. The summed E-state index contributed by atoms with van der Waals surface area (Å²) in [5, 5.41) is 5.56. The summed E-state index contributed by atoms with van der Waals surface area (Å²) >= 11 is 0. The molecule has 6 heteroatoms. The van der Waals surface area contributed by atoms with Crippen LogP contribution in [0.4, 0.5) is 9.18 Å². The van der Waals surface area contributed by atoms with Gasteiger partial charge in [0.2, 0.25) is 5.91 Å². The van der Waals surface area contributed by atoms with Gasteiger partial charge in [-0.25, -0.2) is 9.18 Å². The Bertz CT molecular complexity index is 591. The Kier molecular flexibility index (Phi) is 5.58. The van der Waals surface area contributed by atoms with Crippen LogP contribution in [0.5, 0.6) is 0 Å². The summed E-state index contributed by atoms with van der Waals surface area (Å²) in [5.74, 6) is -0.385. The third kappa shape index (κ3) is 4.21. The third-order valence-electron chi connectivity index (χ3n) is 4.29. The number of carbonyl (C=O) groups excluding carboxylic acids is 2. The first-order valence-corrected chi connectivity index (χ1v) is 8.02. The number of aryl methyl sites for hydroxylation is 1. The highest BCUT2D eigenvalue weighted by molar-refractivity contribution is 5.86. The summed E-state index contributed by atoms with van der Waals surface area (Å²) in [7, 11) is 1.70. The molecule has 0 aliphatic heterocycles. The summed E-state index contributed by atoms with van der Waals surface area (Å²) in [6.45, 7) is 4.13. The molecule has 5 nitrogen and oxygen atoms in total. The molecule has 0 unspecified atom stereocenters. The molecule has 0 bridgehead atoms. The van der Waals surface area contributed by atoms with E-state index in [1.165, 1.54) is 12.1 Å². The van der Waals surface area contributed by atoms with Gasteiger partial charge in [0.25, 0.3) is 0 Å². The van der Waals surface area contributed by atoms with Crippen LogP contribution in [-0.4, -0.2) is 36.5 Å². The Morgan fingerprint density at radius 3 is 2.87 bits per heavy atom. The quantitative estimate of drug-likeness (QED) is 0.894. The van der Waals surface area contributed by atoms with Crippen LogP contribution in [0.3, 0.4) is 0 Å². The van der Waals surface area contributed by atoms with Crippen LogP contribution in [0.15, 0.2) is 18.2 Å². The molecule has 0 aromatic heterocycles. The van der Waals surface area contributed by atoms with Gasteiger partial charge in [0.05, 0.1) is 6.04 Å². The maximum Gasteiger partial charge on any atom is 0.315 e. The number of fused-ring (bicyclic) bond motifs is 1. The van der Waals surface area contributed by atoms with E-state index in [0.29, 0.717) is 6.54 Å². The minimum atomic E-state index is -0.587. The number of nitrogens with one attached hydrogen (secondary N) is 2. The topological polar surface area (TPSA) is 61.4 Å². The van der Waals surface area contributed by atoms with Crippen molar-refractivity contribution in [2.24, 2.45) is 0 Å². The molecule has 23 heavy (non-hydrogen) atoms. The number of halogens is 1. The second kappa shape index (κ2) is 7.44. The number of benzene rings is 1. The Morgan fingerprint density at radius 1 is 1.43 bits per heavy atom. The molecule has 1 aromatic rings. The van der Waals surface area contributed by atoms with Crippen molar-refractivity contribution in [2.45, 2.75) is 45.2 Å². The summed E-state index contributed by atoms with van der Waals surface area (Å²) in [6.07, 6.45) is 2.53. The average Bonchev–Trinajstić information content (AvgIpc) is 2.53. The second-order valence-corrected chi connectivity index (χ2v) is 5.98. The predicted molar refractivity (Wildman–Crippen MR) is 86.5 cm³/mol. The number of rotatable bonds is 4. The van der Waals surface area contributed by atoms with Crippen LogP contribution >= 0.6 is 0 Å². The number of urea groups is 1. The molecule has 2 atom stereocenters. The third-order valence-corrected chi connectivity index (χ3v) is 4.29. The molecule has 0 saturated heterocycles. The number of hydrogen-bond donors (Lipinski definition) is 2. The monoisotopic (exact) mass is 321 g/mol. The number of nitrogens with zero attached hydrogens (tertiary/aromatic N) is 1. The number of amides is 3. The minimum absolute atomic E-state index is 0.131. The lowest BCUT2D eigenvalue weighted by molar-refractivity contribution is -0.131. The van der Waals surface area contributed by atoms with E-state index in [0.717, 1.165) is 30.4 Å². The van der Waals surface area contributed by atoms with Crippen molar-refractivity contribution in [3.8, 4) is 0 Å². The molecule has 1 aliphatic carbocycles. The fourth-order valence-corrected chi connectivity index (χ4v) is 2.88. The van der Waals surface area contributed by atoms with Crippen LogP contribution in [0, 0.1) is 5.82 Å². The highest BCUT2D eigenvalue weighted by Crippen LogP contribution is 2.30. The normalized spacial score (nSPS) is 17.8. The molecule has 3 amide bonds. The largest absolute Gasteiger partial charge is 0.344 e. The summed E-state index contributed by atoms with van der Waals surface area (Å²) < 4.78 is 13.3. The minimum Gasteiger partial charge on any atom is -0.344 e. The first kappa shape index (κ1) is 17.2. The molecule has 1 aliphatic rings. The maximum atomic E-state index is 13.3. The molecule has 0 heterocycles. The van der Waals surface area contributed by atoms with Gasteiger partial charge in [0, 0.05) is 13.6 Å². The van der Waals surface area contributed by atoms with E-state index in [4.69, 9.17) is 0 Å². The van der Waals surface area contributed by atoms with Gasteiger partial charge in [0.15, 0.2) is 0 Å². The van der Waals surface area contributed by atoms with E-state index < -0.39 is 6.04 Å². The summed E-state index contributed by atoms with van der Waals surface area (Å²) in [5.41, 5.74) is 1.90. The smallest absolute Gasteiger partial charge is 0.315 e. The molecule has 0 spiro atoms. The summed E-state index contributed by atoms with van der Waals surface area (Å²) in [4.78, 5) is 25.7. The Balaban J connectivity index is 1.98. The van der Waals surface area contributed by atoms with Crippen molar-refractivity contribution >= 4 is 11.9 Å². The predicted octanol–water partition coefficient (Wildman–Crippen LogP) is 2.37. The van der Waals surface area contributed by atoms with E-state index in [-0.39, 0.29) is 23.8 Å². The number of likely N-dealkylation sites (N-methyl/N-ethyl adjacent to an activating group) is 1. The van der Waals surface area contributed by atoms with Crippen molar-refractivity contribution in [1.29, 1.82) is 0 Å². The highest BCUT2D eigenvalue weighted by Gasteiger charge is 2.24. The number of hydrogen-bond acceptors (Lipinski definition) is 2. The standard InChI is InChI=1S/C17H24FN3O2/c1-4-21(3)16(22)11(2)19-17(23)20-15-7-5-6-12-10-13(18)8-9-14(12)15/h8-11,15H,4-7H2,1-3H3,(H2,19,20,23)/t11-,15+/m1/s1. The zero-order valence-corrected chi connectivity index (χ0v) is 13.9. The van der Waals surface area contributed by atoms with Gasteiger partial charge in [-0.3, -0.25) is 4.79 Å². The van der Waals surface area contributed by atoms with Crippen molar-refractivity contribution < 1.29 is 14.0 Å². The highest BCUT2D eigenvalue weighted by atomic mass is 19.1. The lowest BCUT2D eigenvalue weighted by Gasteiger charge is -2.27. The van der Waals surface area contributed by atoms with E-state index in [1.807, 2.05) is 6.92 Å². The molecule has 0 saturated carbocycles. The van der Waals surface area contributed by atoms with Crippen LogP contribution in [0.25, 0.3) is 0 Å². The molecule has 2 N–H and O–H groups in total. The van der Waals surface area contributed by atoms with E-state index in [1.54, 1.807) is 24.9 Å². The van der Waals surface area contributed by atoms with Gasteiger partial charge in [-0.05, 0) is 56.4 Å². The average molecular weight is 321 g/mol. The van der Waals surface area contributed by atoms with Crippen LogP contribution in [-0.2, 0) is 11.2 Å². The number of carbonyl (C=O) groups is 2. The Labute approximate surface area is 136 Å². The van der Waals surface area contributed by atoms with Gasteiger partial charge in [0.1, 0.15) is 11.9 Å². The van der Waals surface area contributed by atoms with Crippen LogP contribution < -0.4 is 10.6 Å². The van der Waals surface area contributed by atoms with E-state index >= 15 is 0 Å². The molecular weight excluding hydrogens is 297 g/mol. The van der Waals surface area contributed by atoms with Crippen molar-refractivity contribution in [3.05, 3.63) is 35.1 Å². The van der Waals surface area contributed by atoms with Crippen LogP contribution in [0.2, 0.25) is 0 Å². The first-order chi connectivity index (χ1) is 10.9. The lowest BCUT2D eigenvalue weighted by Crippen LogP contribution is -2.49. The van der Waals surface area contributed by atoms with Gasteiger partial charge < -0.3 is 15.5 Å². The molecule has 1 aromatic carbocycles. The van der Waals surface area contributed by atoms with Crippen LogP contribution in [0.1, 0.15) is 43.9 Å². The van der Waals surface area contributed by atoms with Gasteiger partial charge in [-0.2, -0.15) is 0 Å².